The normalized spacial score (nSPS) is 16.9. The van der Waals surface area contributed by atoms with Crippen molar-refractivity contribution in [3.63, 3.8) is 0 Å². The van der Waals surface area contributed by atoms with Crippen LogP contribution in [0.5, 0.6) is 11.5 Å². The largest absolute Gasteiger partial charge is 0.497 e. The fourth-order valence-corrected chi connectivity index (χ4v) is 4.14. The second kappa shape index (κ2) is 8.29. The Hall–Kier alpha value is -2.79. The van der Waals surface area contributed by atoms with Gasteiger partial charge in [0, 0.05) is 18.2 Å². The number of aromatic nitrogens is 1. The van der Waals surface area contributed by atoms with Crippen molar-refractivity contribution >= 4 is 0 Å². The summed E-state index contributed by atoms with van der Waals surface area (Å²) in [5.74, 6) is 3.32. The van der Waals surface area contributed by atoms with Crippen molar-refractivity contribution in [2.75, 3.05) is 20.8 Å². The monoisotopic (exact) mass is 392 g/mol. The van der Waals surface area contributed by atoms with Crippen molar-refractivity contribution in [2.24, 2.45) is 0 Å². The number of likely N-dealkylation sites (tertiary alicyclic amines) is 1. The van der Waals surface area contributed by atoms with Gasteiger partial charge < -0.3 is 13.9 Å². The lowest BCUT2D eigenvalue weighted by Crippen LogP contribution is -2.23. The Balaban J connectivity index is 1.55. The molecule has 4 rings (SSSR count). The summed E-state index contributed by atoms with van der Waals surface area (Å²) in [6.07, 6.45) is 2.33. The van der Waals surface area contributed by atoms with Crippen LogP contribution in [-0.4, -0.2) is 30.6 Å². The predicted octanol–water partition coefficient (Wildman–Crippen LogP) is 5.31. The second-order valence-corrected chi connectivity index (χ2v) is 7.61. The minimum atomic E-state index is 0.382. The first-order chi connectivity index (χ1) is 14.1. The Labute approximate surface area is 172 Å². The standard InChI is InChI=1S/C24H28N2O3/c1-16-13-19(10-11-23(16)28-4)24-25-21(17(2)29-24)15-26-12-6-9-22(26)18-7-5-8-20(14-18)27-3/h5,7-8,10-11,13-14,22H,6,9,12,15H2,1-4H3/t22-/m0/s1. The number of nitrogens with zero attached hydrogens (tertiary/aromatic N) is 2. The van der Waals surface area contributed by atoms with E-state index in [9.17, 15) is 0 Å². The number of ether oxygens (including phenoxy) is 2. The van der Waals surface area contributed by atoms with E-state index in [0.29, 0.717) is 11.9 Å². The number of benzene rings is 2. The van der Waals surface area contributed by atoms with E-state index in [1.165, 1.54) is 12.0 Å². The molecule has 0 saturated carbocycles. The van der Waals surface area contributed by atoms with Gasteiger partial charge in [0.2, 0.25) is 5.89 Å². The van der Waals surface area contributed by atoms with Crippen molar-refractivity contribution in [3.05, 3.63) is 65.0 Å². The van der Waals surface area contributed by atoms with Crippen molar-refractivity contribution in [2.45, 2.75) is 39.3 Å². The van der Waals surface area contributed by atoms with E-state index in [0.717, 1.165) is 53.6 Å². The van der Waals surface area contributed by atoms with E-state index in [1.807, 2.05) is 32.0 Å². The smallest absolute Gasteiger partial charge is 0.226 e. The average Bonchev–Trinajstić information content (AvgIpc) is 3.35. The fraction of sp³-hybridized carbons (Fsp3) is 0.375. The van der Waals surface area contributed by atoms with Gasteiger partial charge >= 0.3 is 0 Å². The summed E-state index contributed by atoms with van der Waals surface area (Å²) in [5, 5.41) is 0. The molecule has 0 N–H and O–H groups in total. The van der Waals surface area contributed by atoms with Gasteiger partial charge in [-0.05, 0) is 74.7 Å². The Morgan fingerprint density at radius 3 is 2.72 bits per heavy atom. The van der Waals surface area contributed by atoms with Crippen LogP contribution in [-0.2, 0) is 6.54 Å². The van der Waals surface area contributed by atoms with Gasteiger partial charge in [-0.2, -0.15) is 0 Å². The Morgan fingerprint density at radius 2 is 1.97 bits per heavy atom. The zero-order chi connectivity index (χ0) is 20.4. The van der Waals surface area contributed by atoms with Gasteiger partial charge in [0.15, 0.2) is 0 Å². The minimum absolute atomic E-state index is 0.382. The Bertz CT molecular complexity index is 996. The third-order valence-corrected chi connectivity index (χ3v) is 5.73. The van der Waals surface area contributed by atoms with Gasteiger partial charge in [-0.25, -0.2) is 4.98 Å². The maximum Gasteiger partial charge on any atom is 0.226 e. The van der Waals surface area contributed by atoms with Crippen molar-refractivity contribution < 1.29 is 13.9 Å². The van der Waals surface area contributed by atoms with E-state index in [1.54, 1.807) is 14.2 Å². The molecule has 0 bridgehead atoms. The number of rotatable bonds is 6. The van der Waals surface area contributed by atoms with Gasteiger partial charge in [-0.1, -0.05) is 12.1 Å². The number of methoxy groups -OCH3 is 2. The van der Waals surface area contributed by atoms with E-state index in [-0.39, 0.29) is 0 Å². The average molecular weight is 392 g/mol. The molecule has 0 radical (unpaired) electrons. The fourth-order valence-electron chi connectivity index (χ4n) is 4.14. The van der Waals surface area contributed by atoms with Crippen molar-refractivity contribution in [3.8, 4) is 23.0 Å². The molecular formula is C24H28N2O3. The summed E-state index contributed by atoms with van der Waals surface area (Å²) in [7, 11) is 3.40. The second-order valence-electron chi connectivity index (χ2n) is 7.61. The molecule has 1 aliphatic heterocycles. The summed E-state index contributed by atoms with van der Waals surface area (Å²) < 4.78 is 16.8. The third kappa shape index (κ3) is 4.01. The maximum absolute atomic E-state index is 6.02. The summed E-state index contributed by atoms with van der Waals surface area (Å²) in [5.41, 5.74) is 4.35. The van der Waals surface area contributed by atoms with Gasteiger partial charge in [-0.15, -0.1) is 0 Å². The molecule has 3 aromatic rings. The van der Waals surface area contributed by atoms with Crippen LogP contribution in [0, 0.1) is 13.8 Å². The molecule has 5 nitrogen and oxygen atoms in total. The van der Waals surface area contributed by atoms with Gasteiger partial charge in [-0.3, -0.25) is 4.90 Å². The van der Waals surface area contributed by atoms with E-state index in [4.69, 9.17) is 18.9 Å². The lowest BCUT2D eigenvalue weighted by atomic mass is 10.0. The van der Waals surface area contributed by atoms with Crippen molar-refractivity contribution in [1.82, 2.24) is 9.88 Å². The topological polar surface area (TPSA) is 47.7 Å². The van der Waals surface area contributed by atoms with Gasteiger partial charge in [0.05, 0.1) is 19.9 Å². The SMILES string of the molecule is COc1cccc([C@@H]2CCCN2Cc2nc(-c3ccc(OC)c(C)c3)oc2C)c1. The highest BCUT2D eigenvalue weighted by Gasteiger charge is 2.28. The van der Waals surface area contributed by atoms with Crippen LogP contribution >= 0.6 is 0 Å². The highest BCUT2D eigenvalue weighted by molar-refractivity contribution is 5.57. The quantitative estimate of drug-likeness (QED) is 0.569. The summed E-state index contributed by atoms with van der Waals surface area (Å²) in [6.45, 7) is 5.87. The van der Waals surface area contributed by atoms with Gasteiger partial charge in [0.25, 0.3) is 0 Å². The maximum atomic E-state index is 6.02. The van der Waals surface area contributed by atoms with Crippen LogP contribution < -0.4 is 9.47 Å². The highest BCUT2D eigenvalue weighted by Crippen LogP contribution is 2.35. The van der Waals surface area contributed by atoms with Crippen LogP contribution in [0.2, 0.25) is 0 Å². The molecule has 0 amide bonds. The highest BCUT2D eigenvalue weighted by atomic mass is 16.5. The molecule has 29 heavy (non-hydrogen) atoms. The first-order valence-electron chi connectivity index (χ1n) is 10.1. The van der Waals surface area contributed by atoms with E-state index >= 15 is 0 Å². The molecule has 0 spiro atoms. The van der Waals surface area contributed by atoms with Crippen LogP contribution in [0.15, 0.2) is 46.9 Å². The minimum Gasteiger partial charge on any atom is -0.497 e. The molecule has 1 fully saturated rings. The number of oxazole rings is 1. The zero-order valence-electron chi connectivity index (χ0n) is 17.6. The molecule has 2 aromatic carbocycles. The molecule has 1 aliphatic rings. The van der Waals surface area contributed by atoms with Crippen LogP contribution in [0.1, 0.15) is 41.5 Å². The molecule has 0 unspecified atom stereocenters. The van der Waals surface area contributed by atoms with E-state index in [2.05, 4.69) is 29.2 Å². The molecule has 1 aromatic heterocycles. The molecule has 1 atom stereocenters. The van der Waals surface area contributed by atoms with Crippen molar-refractivity contribution in [1.29, 1.82) is 0 Å². The number of aryl methyl sites for hydroxylation is 2. The summed E-state index contributed by atoms with van der Waals surface area (Å²) in [4.78, 5) is 7.32. The summed E-state index contributed by atoms with van der Waals surface area (Å²) in [6, 6.07) is 14.8. The first kappa shape index (κ1) is 19.5. The molecule has 2 heterocycles. The molecular weight excluding hydrogens is 364 g/mol. The summed E-state index contributed by atoms with van der Waals surface area (Å²) >= 11 is 0. The lowest BCUT2D eigenvalue weighted by molar-refractivity contribution is 0.244. The predicted molar refractivity (Wildman–Crippen MR) is 113 cm³/mol. The van der Waals surface area contributed by atoms with Gasteiger partial charge in [0.1, 0.15) is 17.3 Å². The van der Waals surface area contributed by atoms with Crippen LogP contribution in [0.3, 0.4) is 0 Å². The first-order valence-corrected chi connectivity index (χ1v) is 10.1. The molecule has 1 saturated heterocycles. The molecule has 152 valence electrons. The van der Waals surface area contributed by atoms with Crippen LogP contribution in [0.25, 0.3) is 11.5 Å². The molecule has 5 heteroatoms. The van der Waals surface area contributed by atoms with E-state index < -0.39 is 0 Å². The molecule has 0 aliphatic carbocycles. The third-order valence-electron chi connectivity index (χ3n) is 5.73. The zero-order valence-corrected chi connectivity index (χ0v) is 17.6. The lowest BCUT2D eigenvalue weighted by Gasteiger charge is -2.24. The number of hydrogen-bond donors (Lipinski definition) is 0. The Kier molecular flexibility index (Phi) is 5.58. The number of hydrogen-bond acceptors (Lipinski definition) is 5. The Morgan fingerprint density at radius 1 is 1.10 bits per heavy atom. The van der Waals surface area contributed by atoms with Crippen LogP contribution in [0.4, 0.5) is 0 Å².